The lowest BCUT2D eigenvalue weighted by Gasteiger charge is -2.29. The molecule has 2 aromatic rings. The van der Waals surface area contributed by atoms with Gasteiger partial charge >= 0.3 is 0 Å². The van der Waals surface area contributed by atoms with E-state index in [0.717, 1.165) is 21.3 Å². The van der Waals surface area contributed by atoms with Gasteiger partial charge in [0.2, 0.25) is 0 Å². The normalized spacial score (nSPS) is 13.7. The predicted octanol–water partition coefficient (Wildman–Crippen LogP) is 4.52. The first-order valence-corrected chi connectivity index (χ1v) is 8.08. The van der Waals surface area contributed by atoms with Crippen molar-refractivity contribution in [1.82, 2.24) is 0 Å². The first kappa shape index (κ1) is 16.3. The molecule has 1 atom stereocenters. The Hall–Kier alpha value is -1.03. The molecule has 2 nitrogen and oxygen atoms in total. The number of rotatable bonds is 6. The van der Waals surface area contributed by atoms with Gasteiger partial charge in [-0.05, 0) is 35.7 Å². The maximum atomic E-state index is 11.1. The molecule has 112 valence electrons. The molecule has 0 amide bonds. The van der Waals surface area contributed by atoms with Gasteiger partial charge in [-0.2, -0.15) is 0 Å². The van der Waals surface area contributed by atoms with Crippen molar-refractivity contribution in [2.24, 2.45) is 0 Å². The summed E-state index contributed by atoms with van der Waals surface area (Å²) in [6.07, 6.45) is 0.962. The number of hydrogen-bond acceptors (Lipinski definition) is 2. The zero-order valence-electron chi connectivity index (χ0n) is 11.9. The van der Waals surface area contributed by atoms with Crippen LogP contribution in [-0.2, 0) is 12.0 Å². The first-order valence-electron chi connectivity index (χ1n) is 6.75. The molecular formula is C17H18BrClO2. The summed E-state index contributed by atoms with van der Waals surface area (Å²) in [5.41, 5.74) is 0.879. The molecule has 21 heavy (non-hydrogen) atoms. The van der Waals surface area contributed by atoms with Crippen LogP contribution in [0, 0.1) is 0 Å². The van der Waals surface area contributed by atoms with E-state index in [1.807, 2.05) is 48.5 Å². The topological polar surface area (TPSA) is 29.5 Å². The van der Waals surface area contributed by atoms with Gasteiger partial charge in [0.15, 0.2) is 0 Å². The second-order valence-corrected chi connectivity index (χ2v) is 6.20. The van der Waals surface area contributed by atoms with E-state index in [1.165, 1.54) is 0 Å². The smallest absolute Gasteiger partial charge is 0.119 e. The second kappa shape index (κ2) is 7.30. The fraction of sp³-hybridized carbons (Fsp3) is 0.294. The van der Waals surface area contributed by atoms with Crippen molar-refractivity contribution in [3.8, 4) is 5.75 Å². The summed E-state index contributed by atoms with van der Waals surface area (Å²) in [5.74, 6) is 1.17. The summed E-state index contributed by atoms with van der Waals surface area (Å²) in [7, 11) is 1.63. The van der Waals surface area contributed by atoms with Crippen molar-refractivity contribution in [3.63, 3.8) is 0 Å². The van der Waals surface area contributed by atoms with Crippen LogP contribution in [0.25, 0.3) is 0 Å². The molecule has 0 aliphatic heterocycles. The van der Waals surface area contributed by atoms with E-state index in [4.69, 9.17) is 16.3 Å². The number of hydrogen-bond donors (Lipinski definition) is 1. The van der Waals surface area contributed by atoms with Crippen molar-refractivity contribution < 1.29 is 9.84 Å². The maximum Gasteiger partial charge on any atom is 0.119 e. The Morgan fingerprint density at radius 3 is 2.52 bits per heavy atom. The summed E-state index contributed by atoms with van der Waals surface area (Å²) in [6.45, 7) is 0. The molecule has 2 rings (SSSR count). The molecule has 0 saturated heterocycles. The van der Waals surface area contributed by atoms with Crippen molar-refractivity contribution in [3.05, 3.63) is 64.1 Å². The van der Waals surface area contributed by atoms with E-state index in [9.17, 15) is 5.11 Å². The van der Waals surface area contributed by atoms with Gasteiger partial charge in [-0.3, -0.25) is 0 Å². The predicted molar refractivity (Wildman–Crippen MR) is 90.1 cm³/mol. The molecular weight excluding hydrogens is 352 g/mol. The van der Waals surface area contributed by atoms with Crippen molar-refractivity contribution in [2.75, 3.05) is 13.0 Å². The SMILES string of the molecule is COc1ccc(Br)c(CC(O)(CCCl)c2ccccc2)c1. The van der Waals surface area contributed by atoms with Crippen LogP contribution in [0.15, 0.2) is 53.0 Å². The molecule has 1 unspecified atom stereocenters. The summed E-state index contributed by atoms with van der Waals surface area (Å²) >= 11 is 9.44. The number of benzene rings is 2. The highest BCUT2D eigenvalue weighted by Crippen LogP contribution is 2.33. The van der Waals surface area contributed by atoms with Crippen LogP contribution in [0.4, 0.5) is 0 Å². The molecule has 4 heteroatoms. The van der Waals surface area contributed by atoms with Crippen molar-refractivity contribution in [2.45, 2.75) is 18.4 Å². The Bertz CT molecular complexity index is 589. The van der Waals surface area contributed by atoms with E-state index in [1.54, 1.807) is 7.11 Å². The van der Waals surface area contributed by atoms with Crippen molar-refractivity contribution >= 4 is 27.5 Å². The molecule has 0 aliphatic carbocycles. The van der Waals surface area contributed by atoms with Crippen LogP contribution in [0.2, 0.25) is 0 Å². The molecule has 0 radical (unpaired) electrons. The Morgan fingerprint density at radius 2 is 1.90 bits per heavy atom. The van der Waals surface area contributed by atoms with Gasteiger partial charge in [-0.15, -0.1) is 11.6 Å². The van der Waals surface area contributed by atoms with E-state index in [0.29, 0.717) is 18.7 Å². The second-order valence-electron chi connectivity index (χ2n) is 4.97. The average Bonchev–Trinajstić information content (AvgIpc) is 2.51. The molecule has 2 aromatic carbocycles. The third kappa shape index (κ3) is 4.00. The van der Waals surface area contributed by atoms with Crippen LogP contribution in [0.5, 0.6) is 5.75 Å². The van der Waals surface area contributed by atoms with Gasteiger partial charge in [0.05, 0.1) is 12.7 Å². The lowest BCUT2D eigenvalue weighted by atomic mass is 9.85. The Labute approximate surface area is 138 Å². The minimum Gasteiger partial charge on any atom is -0.497 e. The number of ether oxygens (including phenoxy) is 1. The van der Waals surface area contributed by atoms with E-state index in [2.05, 4.69) is 15.9 Å². The molecule has 0 heterocycles. The van der Waals surface area contributed by atoms with E-state index in [-0.39, 0.29) is 0 Å². The maximum absolute atomic E-state index is 11.1. The van der Waals surface area contributed by atoms with Crippen LogP contribution < -0.4 is 4.74 Å². The number of halogens is 2. The zero-order valence-corrected chi connectivity index (χ0v) is 14.2. The van der Waals surface area contributed by atoms with Crippen molar-refractivity contribution in [1.29, 1.82) is 0 Å². The standard InChI is InChI=1S/C17H18BrClO2/c1-21-15-7-8-16(18)13(11-15)12-17(20,9-10-19)14-5-3-2-4-6-14/h2-8,11,20H,9-10,12H2,1H3. The fourth-order valence-corrected chi connectivity index (χ4v) is 3.07. The molecule has 0 bridgehead atoms. The lowest BCUT2D eigenvalue weighted by molar-refractivity contribution is 0.0334. The third-order valence-electron chi connectivity index (χ3n) is 3.55. The molecule has 0 saturated carbocycles. The Kier molecular flexibility index (Phi) is 5.68. The summed E-state index contributed by atoms with van der Waals surface area (Å²) in [4.78, 5) is 0. The largest absolute Gasteiger partial charge is 0.497 e. The molecule has 0 spiro atoms. The van der Waals surface area contributed by atoms with Crippen LogP contribution in [-0.4, -0.2) is 18.1 Å². The lowest BCUT2D eigenvalue weighted by Crippen LogP contribution is -2.29. The van der Waals surface area contributed by atoms with Crippen LogP contribution in [0.1, 0.15) is 17.5 Å². The molecule has 0 aliphatic rings. The van der Waals surface area contributed by atoms with Gasteiger partial charge in [-0.1, -0.05) is 46.3 Å². The van der Waals surface area contributed by atoms with E-state index >= 15 is 0 Å². The van der Waals surface area contributed by atoms with Gasteiger partial charge < -0.3 is 9.84 Å². The average molecular weight is 370 g/mol. The van der Waals surface area contributed by atoms with Gasteiger partial charge in [0, 0.05) is 16.8 Å². The number of aliphatic hydroxyl groups is 1. The first-order chi connectivity index (χ1) is 10.1. The highest BCUT2D eigenvalue weighted by atomic mass is 79.9. The van der Waals surface area contributed by atoms with Gasteiger partial charge in [0.1, 0.15) is 5.75 Å². The fourth-order valence-electron chi connectivity index (χ4n) is 2.37. The quantitative estimate of drug-likeness (QED) is 0.759. The Morgan fingerprint density at radius 1 is 1.19 bits per heavy atom. The zero-order chi connectivity index (χ0) is 15.3. The van der Waals surface area contributed by atoms with Gasteiger partial charge in [0.25, 0.3) is 0 Å². The molecule has 0 fully saturated rings. The third-order valence-corrected chi connectivity index (χ3v) is 4.52. The minimum absolute atomic E-state index is 0.396. The summed E-state index contributed by atoms with van der Waals surface area (Å²) in [5, 5.41) is 11.1. The van der Waals surface area contributed by atoms with Crippen LogP contribution in [0.3, 0.4) is 0 Å². The number of alkyl halides is 1. The minimum atomic E-state index is -0.988. The molecule has 1 N–H and O–H groups in total. The summed E-state index contributed by atoms with van der Waals surface area (Å²) < 4.78 is 6.21. The van der Waals surface area contributed by atoms with Crippen LogP contribution >= 0.6 is 27.5 Å². The monoisotopic (exact) mass is 368 g/mol. The number of methoxy groups -OCH3 is 1. The highest BCUT2D eigenvalue weighted by Gasteiger charge is 2.29. The molecule has 0 aromatic heterocycles. The Balaban J connectivity index is 2.36. The van der Waals surface area contributed by atoms with Gasteiger partial charge in [-0.25, -0.2) is 0 Å². The summed E-state index contributed by atoms with van der Waals surface area (Å²) in [6, 6.07) is 15.4. The van der Waals surface area contributed by atoms with E-state index < -0.39 is 5.60 Å². The highest BCUT2D eigenvalue weighted by molar-refractivity contribution is 9.10.